The Hall–Kier alpha value is -1.63. The number of aromatic nitrogens is 1. The fraction of sp³-hybridized carbons (Fsp3) is 0.545. The summed E-state index contributed by atoms with van der Waals surface area (Å²) in [6.07, 6.45) is 1.33. The van der Waals surface area contributed by atoms with Gasteiger partial charge in [0, 0.05) is 11.9 Å². The molecule has 2 amide bonds. The van der Waals surface area contributed by atoms with Gasteiger partial charge in [-0.2, -0.15) is 0 Å². The van der Waals surface area contributed by atoms with E-state index in [2.05, 4.69) is 15.6 Å². The topological polar surface area (TPSA) is 91.3 Å². The molecule has 0 aliphatic heterocycles. The van der Waals surface area contributed by atoms with E-state index in [0.29, 0.717) is 13.0 Å². The minimum atomic E-state index is -0.878. The van der Waals surface area contributed by atoms with Gasteiger partial charge in [-0.3, -0.25) is 4.79 Å². The number of aliphatic carboxylic acids is 1. The summed E-state index contributed by atoms with van der Waals surface area (Å²) in [5.74, 6) is -1.41. The average Bonchev–Trinajstić information content (AvgIpc) is 2.84. The standard InChI is InChI=1S/C11H17N3O3S/c1-2-3-8(10(15)16)4-12-11(17)13-5-9-6-18-7-14-9/h6-8H,2-5H2,1H3,(H,15,16)(H2,12,13,17). The number of carbonyl (C=O) groups excluding carboxylic acids is 1. The second-order valence-corrected chi connectivity index (χ2v) is 4.59. The van der Waals surface area contributed by atoms with Gasteiger partial charge in [0.05, 0.1) is 23.7 Å². The molecule has 0 saturated heterocycles. The molecule has 0 aliphatic carbocycles. The number of carboxylic acid groups (broad SMARTS) is 1. The van der Waals surface area contributed by atoms with E-state index in [9.17, 15) is 9.59 Å². The molecule has 0 bridgehead atoms. The van der Waals surface area contributed by atoms with Gasteiger partial charge in [-0.15, -0.1) is 11.3 Å². The SMILES string of the molecule is CCCC(CNC(=O)NCc1cscn1)C(=O)O. The Bertz CT molecular complexity index is 381. The second kappa shape index (κ2) is 7.65. The Balaban J connectivity index is 2.25. The Labute approximate surface area is 109 Å². The first kappa shape index (κ1) is 14.4. The van der Waals surface area contributed by atoms with Crippen LogP contribution in [0.25, 0.3) is 0 Å². The number of carboxylic acids is 1. The molecule has 1 unspecified atom stereocenters. The van der Waals surface area contributed by atoms with Crippen molar-refractivity contribution in [2.24, 2.45) is 5.92 Å². The first-order valence-corrected chi connectivity index (χ1v) is 6.69. The summed E-state index contributed by atoms with van der Waals surface area (Å²) in [7, 11) is 0. The van der Waals surface area contributed by atoms with Crippen molar-refractivity contribution in [1.82, 2.24) is 15.6 Å². The molecule has 1 rings (SSSR count). The summed E-state index contributed by atoms with van der Waals surface area (Å²) in [5, 5.41) is 15.9. The maximum atomic E-state index is 11.4. The lowest BCUT2D eigenvalue weighted by atomic mass is 10.0. The number of hydrogen-bond donors (Lipinski definition) is 3. The van der Waals surface area contributed by atoms with Crippen molar-refractivity contribution in [3.63, 3.8) is 0 Å². The zero-order valence-corrected chi connectivity index (χ0v) is 11.0. The molecule has 1 aromatic heterocycles. The highest BCUT2D eigenvalue weighted by atomic mass is 32.1. The van der Waals surface area contributed by atoms with Crippen LogP contribution in [0.1, 0.15) is 25.5 Å². The molecule has 0 aliphatic rings. The first-order chi connectivity index (χ1) is 8.63. The van der Waals surface area contributed by atoms with Crippen LogP contribution in [0.5, 0.6) is 0 Å². The quantitative estimate of drug-likeness (QED) is 0.700. The number of hydrogen-bond acceptors (Lipinski definition) is 4. The van der Waals surface area contributed by atoms with E-state index >= 15 is 0 Å². The predicted molar refractivity (Wildman–Crippen MR) is 68.4 cm³/mol. The summed E-state index contributed by atoms with van der Waals surface area (Å²) in [4.78, 5) is 26.3. The number of rotatable bonds is 7. The number of nitrogens with zero attached hydrogens (tertiary/aromatic N) is 1. The first-order valence-electron chi connectivity index (χ1n) is 5.75. The van der Waals surface area contributed by atoms with Crippen LogP contribution >= 0.6 is 11.3 Å². The fourth-order valence-corrected chi connectivity index (χ4v) is 1.99. The van der Waals surface area contributed by atoms with E-state index in [4.69, 9.17) is 5.11 Å². The highest BCUT2D eigenvalue weighted by molar-refractivity contribution is 7.07. The van der Waals surface area contributed by atoms with E-state index in [1.54, 1.807) is 5.51 Å². The summed E-state index contributed by atoms with van der Waals surface area (Å²) in [6.45, 7) is 2.41. The van der Waals surface area contributed by atoms with Crippen LogP contribution in [-0.2, 0) is 11.3 Å². The summed E-state index contributed by atoms with van der Waals surface area (Å²) >= 11 is 1.46. The highest BCUT2D eigenvalue weighted by Gasteiger charge is 2.16. The van der Waals surface area contributed by atoms with Crippen LogP contribution in [0.2, 0.25) is 0 Å². The Morgan fingerprint density at radius 3 is 2.83 bits per heavy atom. The third-order valence-corrected chi connectivity index (χ3v) is 3.04. The van der Waals surface area contributed by atoms with Gasteiger partial charge in [0.1, 0.15) is 0 Å². The number of thiazole rings is 1. The average molecular weight is 271 g/mol. The molecular formula is C11H17N3O3S. The molecule has 0 spiro atoms. The van der Waals surface area contributed by atoms with Crippen molar-refractivity contribution in [2.75, 3.05) is 6.54 Å². The van der Waals surface area contributed by atoms with E-state index < -0.39 is 11.9 Å². The van der Waals surface area contributed by atoms with Crippen LogP contribution < -0.4 is 10.6 Å². The summed E-state index contributed by atoms with van der Waals surface area (Å²) in [6, 6.07) is -0.370. The second-order valence-electron chi connectivity index (χ2n) is 3.87. The molecule has 1 atom stereocenters. The van der Waals surface area contributed by atoms with Crippen LogP contribution in [0, 0.1) is 5.92 Å². The highest BCUT2D eigenvalue weighted by Crippen LogP contribution is 2.05. The van der Waals surface area contributed by atoms with Crippen molar-refractivity contribution in [3.05, 3.63) is 16.6 Å². The van der Waals surface area contributed by atoms with Crippen molar-refractivity contribution >= 4 is 23.3 Å². The van der Waals surface area contributed by atoms with Gasteiger partial charge in [0.15, 0.2) is 0 Å². The molecular weight excluding hydrogens is 254 g/mol. The molecule has 0 aromatic carbocycles. The minimum absolute atomic E-state index is 0.145. The molecule has 0 saturated carbocycles. The molecule has 100 valence electrons. The van der Waals surface area contributed by atoms with Gasteiger partial charge in [-0.25, -0.2) is 9.78 Å². The molecule has 0 fully saturated rings. The molecule has 0 radical (unpaired) electrons. The third-order valence-electron chi connectivity index (χ3n) is 2.41. The monoisotopic (exact) mass is 271 g/mol. The van der Waals surface area contributed by atoms with E-state index in [-0.39, 0.29) is 12.6 Å². The van der Waals surface area contributed by atoms with E-state index in [0.717, 1.165) is 12.1 Å². The number of carbonyl (C=O) groups is 2. The Morgan fingerprint density at radius 2 is 2.28 bits per heavy atom. The van der Waals surface area contributed by atoms with Gasteiger partial charge >= 0.3 is 12.0 Å². The fourth-order valence-electron chi connectivity index (χ4n) is 1.44. The number of amides is 2. The van der Waals surface area contributed by atoms with E-state index in [1.807, 2.05) is 12.3 Å². The molecule has 18 heavy (non-hydrogen) atoms. The van der Waals surface area contributed by atoms with Crippen molar-refractivity contribution in [3.8, 4) is 0 Å². The van der Waals surface area contributed by atoms with Gasteiger partial charge in [0.25, 0.3) is 0 Å². The molecule has 1 heterocycles. The minimum Gasteiger partial charge on any atom is -0.481 e. The van der Waals surface area contributed by atoms with Gasteiger partial charge < -0.3 is 15.7 Å². The van der Waals surface area contributed by atoms with Gasteiger partial charge in [-0.05, 0) is 6.42 Å². The Morgan fingerprint density at radius 1 is 1.50 bits per heavy atom. The van der Waals surface area contributed by atoms with Crippen LogP contribution in [0.15, 0.2) is 10.9 Å². The van der Waals surface area contributed by atoms with Crippen molar-refractivity contribution in [1.29, 1.82) is 0 Å². The predicted octanol–water partition coefficient (Wildman–Crippen LogP) is 1.44. The zero-order chi connectivity index (χ0) is 13.4. The summed E-state index contributed by atoms with van der Waals surface area (Å²) in [5.41, 5.74) is 2.48. The molecule has 1 aromatic rings. The molecule has 3 N–H and O–H groups in total. The lowest BCUT2D eigenvalue weighted by Gasteiger charge is -2.12. The number of urea groups is 1. The third kappa shape index (κ3) is 5.13. The summed E-state index contributed by atoms with van der Waals surface area (Å²) < 4.78 is 0. The normalized spacial score (nSPS) is 11.8. The zero-order valence-electron chi connectivity index (χ0n) is 10.2. The Kier molecular flexibility index (Phi) is 6.13. The lowest BCUT2D eigenvalue weighted by molar-refractivity contribution is -0.141. The molecule has 7 heteroatoms. The maximum Gasteiger partial charge on any atom is 0.315 e. The van der Waals surface area contributed by atoms with Crippen molar-refractivity contribution < 1.29 is 14.7 Å². The van der Waals surface area contributed by atoms with E-state index in [1.165, 1.54) is 11.3 Å². The number of nitrogens with one attached hydrogen (secondary N) is 2. The maximum absolute atomic E-state index is 11.4. The van der Waals surface area contributed by atoms with Gasteiger partial charge in [0.2, 0.25) is 0 Å². The van der Waals surface area contributed by atoms with Crippen LogP contribution in [-0.4, -0.2) is 28.6 Å². The van der Waals surface area contributed by atoms with Gasteiger partial charge in [-0.1, -0.05) is 13.3 Å². The van der Waals surface area contributed by atoms with Crippen LogP contribution in [0.3, 0.4) is 0 Å². The van der Waals surface area contributed by atoms with Crippen molar-refractivity contribution in [2.45, 2.75) is 26.3 Å². The smallest absolute Gasteiger partial charge is 0.315 e. The largest absolute Gasteiger partial charge is 0.481 e. The van der Waals surface area contributed by atoms with Crippen LogP contribution in [0.4, 0.5) is 4.79 Å². The molecule has 6 nitrogen and oxygen atoms in total. The lowest BCUT2D eigenvalue weighted by Crippen LogP contribution is -2.39.